The van der Waals surface area contributed by atoms with Crippen LogP contribution in [0, 0.1) is 0 Å². The van der Waals surface area contributed by atoms with Crippen LogP contribution in [0.4, 0.5) is 11.4 Å². The summed E-state index contributed by atoms with van der Waals surface area (Å²) in [5.74, 6) is 0.926. The third-order valence-electron chi connectivity index (χ3n) is 12.4. The van der Waals surface area contributed by atoms with E-state index in [-0.39, 0.29) is 12.0 Å². The Balaban J connectivity index is 1.06. The lowest BCUT2D eigenvalue weighted by atomic mass is 9.82. The van der Waals surface area contributed by atoms with Crippen LogP contribution in [-0.4, -0.2) is 20.6 Å². The second-order valence-corrected chi connectivity index (χ2v) is 15.6. The Morgan fingerprint density at radius 1 is 0.586 bits per heavy atom. The van der Waals surface area contributed by atoms with Gasteiger partial charge >= 0.3 is 0 Å². The van der Waals surface area contributed by atoms with E-state index >= 15 is 0 Å². The van der Waals surface area contributed by atoms with Crippen molar-refractivity contribution in [2.75, 3.05) is 4.90 Å². The second-order valence-electron chi connectivity index (χ2n) is 15.6. The molecule has 4 nitrogen and oxygen atoms in total. The van der Waals surface area contributed by atoms with Crippen molar-refractivity contribution in [3.8, 4) is 28.3 Å². The summed E-state index contributed by atoms with van der Waals surface area (Å²) in [6.07, 6.45) is 14.0. The SMILES string of the molecule is C1=Cc2c(c(C3=CC4c5ccccc5N(c5ccccc5)C4C=C3)cc3c4ccccc4n(-c4nc(-c5cccc(-c6ccccc6)c5)c5ccccc5n4)c23)CC1. The minimum atomic E-state index is 0.220. The molecule has 2 aromatic heterocycles. The Kier molecular flexibility index (Phi) is 7.45. The molecule has 0 N–H and O–H groups in total. The summed E-state index contributed by atoms with van der Waals surface area (Å²) in [6, 6.07) is 58.9. The summed E-state index contributed by atoms with van der Waals surface area (Å²) in [4.78, 5) is 13.3. The molecule has 274 valence electrons. The number of rotatable bonds is 5. The summed E-state index contributed by atoms with van der Waals surface area (Å²) in [7, 11) is 0. The average molecular weight is 743 g/mol. The molecular formula is C54H38N4. The van der Waals surface area contributed by atoms with E-state index in [9.17, 15) is 0 Å². The maximum Gasteiger partial charge on any atom is 0.235 e. The fourth-order valence-electron chi connectivity index (χ4n) is 9.82. The molecule has 0 saturated heterocycles. The topological polar surface area (TPSA) is 34.0 Å². The van der Waals surface area contributed by atoms with Gasteiger partial charge in [-0.2, -0.15) is 0 Å². The highest BCUT2D eigenvalue weighted by molar-refractivity contribution is 6.13. The molecule has 7 aromatic carbocycles. The van der Waals surface area contributed by atoms with Gasteiger partial charge in [-0.15, -0.1) is 0 Å². The highest BCUT2D eigenvalue weighted by atomic mass is 15.2. The van der Waals surface area contributed by atoms with E-state index in [4.69, 9.17) is 9.97 Å². The van der Waals surface area contributed by atoms with Crippen LogP contribution < -0.4 is 4.90 Å². The molecule has 9 aromatic rings. The van der Waals surface area contributed by atoms with E-state index in [2.05, 4.69) is 204 Å². The van der Waals surface area contributed by atoms with Gasteiger partial charge in [-0.1, -0.05) is 152 Å². The molecule has 1 aliphatic heterocycles. The number of allylic oxidation sites excluding steroid dienone is 3. The zero-order valence-electron chi connectivity index (χ0n) is 31.8. The minimum Gasteiger partial charge on any atom is -0.333 e. The molecule has 3 aliphatic rings. The van der Waals surface area contributed by atoms with E-state index in [1.807, 2.05) is 0 Å². The number of fused-ring (bicyclic) bond motifs is 9. The Hall–Kier alpha value is -7.30. The van der Waals surface area contributed by atoms with Gasteiger partial charge in [0.1, 0.15) is 0 Å². The van der Waals surface area contributed by atoms with Crippen LogP contribution in [0.2, 0.25) is 0 Å². The van der Waals surface area contributed by atoms with Crippen molar-refractivity contribution < 1.29 is 0 Å². The van der Waals surface area contributed by atoms with Gasteiger partial charge in [0, 0.05) is 44.6 Å². The molecule has 58 heavy (non-hydrogen) atoms. The van der Waals surface area contributed by atoms with E-state index in [0.29, 0.717) is 5.95 Å². The minimum absolute atomic E-state index is 0.220. The number of benzene rings is 7. The molecule has 2 unspecified atom stereocenters. The van der Waals surface area contributed by atoms with E-state index in [1.165, 1.54) is 55.5 Å². The van der Waals surface area contributed by atoms with Crippen LogP contribution in [0.5, 0.6) is 0 Å². The summed E-state index contributed by atoms with van der Waals surface area (Å²) in [6.45, 7) is 0. The molecule has 12 rings (SSSR count). The number of aromatic nitrogens is 3. The summed E-state index contributed by atoms with van der Waals surface area (Å²) in [5, 5.41) is 3.45. The Labute approximate surface area is 337 Å². The summed E-state index contributed by atoms with van der Waals surface area (Å²) < 4.78 is 2.33. The van der Waals surface area contributed by atoms with Crippen LogP contribution in [0.15, 0.2) is 188 Å². The summed E-state index contributed by atoms with van der Waals surface area (Å²) in [5.41, 5.74) is 16.7. The molecule has 0 radical (unpaired) electrons. The highest BCUT2D eigenvalue weighted by Gasteiger charge is 2.38. The third-order valence-corrected chi connectivity index (χ3v) is 12.4. The second kappa shape index (κ2) is 13.1. The predicted octanol–water partition coefficient (Wildman–Crippen LogP) is 13.3. The molecule has 2 atom stereocenters. The zero-order chi connectivity index (χ0) is 38.2. The van der Waals surface area contributed by atoms with Crippen LogP contribution >= 0.6 is 0 Å². The lowest BCUT2D eigenvalue weighted by Gasteiger charge is -2.30. The molecule has 0 spiro atoms. The molecule has 0 amide bonds. The normalized spacial score (nSPS) is 16.8. The van der Waals surface area contributed by atoms with Crippen molar-refractivity contribution in [2.45, 2.75) is 24.8 Å². The van der Waals surface area contributed by atoms with Gasteiger partial charge in [-0.25, -0.2) is 9.97 Å². The zero-order valence-corrected chi connectivity index (χ0v) is 31.8. The van der Waals surface area contributed by atoms with Gasteiger partial charge in [-0.3, -0.25) is 4.57 Å². The Morgan fingerprint density at radius 3 is 2.22 bits per heavy atom. The first-order chi connectivity index (χ1) is 28.8. The smallest absolute Gasteiger partial charge is 0.235 e. The van der Waals surface area contributed by atoms with Gasteiger partial charge in [0.05, 0.1) is 28.3 Å². The van der Waals surface area contributed by atoms with Crippen LogP contribution in [-0.2, 0) is 6.42 Å². The summed E-state index contributed by atoms with van der Waals surface area (Å²) >= 11 is 0. The lowest BCUT2D eigenvalue weighted by molar-refractivity contribution is 0.747. The van der Waals surface area contributed by atoms with Crippen molar-refractivity contribution in [2.24, 2.45) is 0 Å². The van der Waals surface area contributed by atoms with Crippen LogP contribution in [0.1, 0.15) is 34.6 Å². The van der Waals surface area contributed by atoms with Crippen LogP contribution in [0.25, 0.3) is 72.7 Å². The molecule has 0 saturated carbocycles. The predicted molar refractivity (Wildman–Crippen MR) is 241 cm³/mol. The number of para-hydroxylation sites is 4. The first-order valence-corrected chi connectivity index (χ1v) is 20.3. The standard InChI is InChI=1S/C54H38N4/c1-3-16-35(17-4-1)36-18-15-19-38(32-36)52-44-26-9-12-27-48(44)55-54(56-52)58-50-29-14-11-24-42(50)47-34-45(40-22-7-8-25-43(40)53(47)58)37-30-31-51-46(33-37)41-23-10-13-28-49(41)57(51)39-20-5-2-6-21-39/h1-6,8-21,23-34,46,51H,7,22H2. The van der Waals surface area contributed by atoms with Crippen molar-refractivity contribution >= 4 is 55.7 Å². The number of hydrogen-bond donors (Lipinski definition) is 0. The number of anilines is 2. The van der Waals surface area contributed by atoms with Gasteiger partial charge < -0.3 is 4.90 Å². The van der Waals surface area contributed by atoms with Gasteiger partial charge in [-0.05, 0) is 88.7 Å². The molecule has 0 fully saturated rings. The first kappa shape index (κ1) is 32.9. The van der Waals surface area contributed by atoms with Gasteiger partial charge in [0.15, 0.2) is 0 Å². The fraction of sp³-hybridized carbons (Fsp3) is 0.0741. The lowest BCUT2D eigenvalue weighted by Crippen LogP contribution is -2.29. The molecule has 0 bridgehead atoms. The molecular weight excluding hydrogens is 705 g/mol. The average Bonchev–Trinajstić information content (AvgIpc) is 3.82. The van der Waals surface area contributed by atoms with Crippen molar-refractivity contribution in [1.82, 2.24) is 14.5 Å². The van der Waals surface area contributed by atoms with E-state index in [0.717, 1.165) is 51.6 Å². The van der Waals surface area contributed by atoms with E-state index < -0.39 is 0 Å². The fourth-order valence-corrected chi connectivity index (χ4v) is 9.82. The molecule has 3 heterocycles. The highest BCUT2D eigenvalue weighted by Crippen LogP contribution is 2.50. The maximum absolute atomic E-state index is 5.50. The van der Waals surface area contributed by atoms with Crippen LogP contribution in [0.3, 0.4) is 0 Å². The Bertz CT molecular complexity index is 3190. The quantitative estimate of drug-likeness (QED) is 0.176. The number of nitrogens with zero attached hydrogens (tertiary/aromatic N) is 4. The monoisotopic (exact) mass is 742 g/mol. The third kappa shape index (κ3) is 5.08. The molecule has 2 aliphatic carbocycles. The van der Waals surface area contributed by atoms with Gasteiger partial charge in [0.2, 0.25) is 5.95 Å². The largest absolute Gasteiger partial charge is 0.333 e. The Morgan fingerprint density at radius 2 is 1.33 bits per heavy atom. The maximum atomic E-state index is 5.50. The van der Waals surface area contributed by atoms with Crippen molar-refractivity contribution in [3.05, 3.63) is 210 Å². The first-order valence-electron chi connectivity index (χ1n) is 20.3. The van der Waals surface area contributed by atoms with Crippen molar-refractivity contribution in [1.29, 1.82) is 0 Å². The van der Waals surface area contributed by atoms with E-state index in [1.54, 1.807) is 0 Å². The number of hydrogen-bond acceptors (Lipinski definition) is 3. The van der Waals surface area contributed by atoms with Gasteiger partial charge in [0.25, 0.3) is 0 Å². The molecule has 4 heteroatoms. The van der Waals surface area contributed by atoms with Crippen molar-refractivity contribution in [3.63, 3.8) is 0 Å².